The summed E-state index contributed by atoms with van der Waals surface area (Å²) < 4.78 is 25.6. The van der Waals surface area contributed by atoms with Crippen molar-refractivity contribution >= 4 is 44.2 Å². The Morgan fingerprint density at radius 1 is 1.23 bits per heavy atom. The predicted octanol–water partition coefficient (Wildman–Crippen LogP) is 3.83. The van der Waals surface area contributed by atoms with Crippen molar-refractivity contribution < 1.29 is 18.7 Å². The molecule has 0 atom stereocenters. The largest absolute Gasteiger partial charge is 0.481 e. The molecule has 2 heterocycles. The fraction of sp³-hybridized carbons (Fsp3) is 0.333. The quantitative estimate of drug-likeness (QED) is 0.548. The van der Waals surface area contributed by atoms with E-state index in [9.17, 15) is 9.18 Å². The highest BCUT2D eigenvalue weighted by molar-refractivity contribution is 7.22. The molecule has 0 bridgehead atoms. The first-order valence-electron chi connectivity index (χ1n) is 9.64. The van der Waals surface area contributed by atoms with Crippen LogP contribution in [0.3, 0.4) is 0 Å². The Balaban J connectivity index is 1.53. The number of carbonyl (C=O) groups is 1. The van der Waals surface area contributed by atoms with Gasteiger partial charge >= 0.3 is 0 Å². The van der Waals surface area contributed by atoms with Crippen LogP contribution in [0.25, 0.3) is 10.2 Å². The van der Waals surface area contributed by atoms with Gasteiger partial charge in [-0.2, -0.15) is 0 Å². The molecule has 0 saturated carbocycles. The number of hydrogen-bond donors (Lipinski definition) is 0. The zero-order valence-corrected chi connectivity index (χ0v) is 17.8. The molecule has 1 aromatic heterocycles. The molecule has 0 spiro atoms. The molecule has 4 rings (SSSR count). The molecule has 9 heteroatoms. The highest BCUT2D eigenvalue weighted by Gasteiger charge is 2.23. The summed E-state index contributed by atoms with van der Waals surface area (Å²) in [6.45, 7) is 3.84. The maximum absolute atomic E-state index is 13.8. The van der Waals surface area contributed by atoms with Crippen molar-refractivity contribution in [3.05, 3.63) is 53.3 Å². The smallest absolute Gasteiger partial charge is 0.266 e. The van der Waals surface area contributed by atoms with E-state index in [-0.39, 0.29) is 18.3 Å². The van der Waals surface area contributed by atoms with Gasteiger partial charge in [0.15, 0.2) is 23.3 Å². The van der Waals surface area contributed by atoms with Crippen LogP contribution in [0.5, 0.6) is 5.75 Å². The van der Waals surface area contributed by atoms with Crippen LogP contribution in [0.1, 0.15) is 0 Å². The van der Waals surface area contributed by atoms with E-state index in [4.69, 9.17) is 21.1 Å². The first-order chi connectivity index (χ1) is 14.6. The van der Waals surface area contributed by atoms with E-state index in [0.29, 0.717) is 42.0 Å². The minimum Gasteiger partial charge on any atom is -0.481 e. The minimum atomic E-state index is -0.503. The van der Waals surface area contributed by atoms with Crippen LogP contribution in [0, 0.1) is 5.82 Å². The molecule has 0 aliphatic carbocycles. The molecule has 1 fully saturated rings. The van der Waals surface area contributed by atoms with Crippen LogP contribution in [0.15, 0.2) is 42.5 Å². The number of anilines is 1. The molecule has 0 N–H and O–H groups in total. The van der Waals surface area contributed by atoms with Crippen molar-refractivity contribution in [2.24, 2.45) is 0 Å². The molecule has 1 aliphatic heterocycles. The SMILES string of the molecule is O=C(COc1ccccc1F)N(CCN1CCOCC1)c1nc2c(Cl)cccc2s1. The zero-order valence-electron chi connectivity index (χ0n) is 16.2. The van der Waals surface area contributed by atoms with E-state index in [0.717, 1.165) is 17.8 Å². The summed E-state index contributed by atoms with van der Waals surface area (Å²) in [5.41, 5.74) is 0.665. The standard InChI is InChI=1S/C21H21ClFN3O3S/c22-15-4-3-7-18-20(15)24-21(30-18)26(9-8-25-10-12-28-13-11-25)19(27)14-29-17-6-2-1-5-16(17)23/h1-7H,8-14H2. The first kappa shape index (κ1) is 21.0. The fourth-order valence-corrected chi connectivity index (χ4v) is 4.50. The summed E-state index contributed by atoms with van der Waals surface area (Å²) in [4.78, 5) is 21.5. The number of rotatable bonds is 7. The zero-order chi connectivity index (χ0) is 20.9. The van der Waals surface area contributed by atoms with Crippen LogP contribution in [-0.2, 0) is 9.53 Å². The van der Waals surface area contributed by atoms with Gasteiger partial charge in [0.2, 0.25) is 0 Å². The third kappa shape index (κ3) is 4.89. The Bertz CT molecular complexity index is 1030. The molecule has 1 aliphatic rings. The molecule has 2 aromatic carbocycles. The Hall–Kier alpha value is -2.26. The number of hydrogen-bond acceptors (Lipinski definition) is 6. The van der Waals surface area contributed by atoms with E-state index >= 15 is 0 Å². The van der Waals surface area contributed by atoms with E-state index in [1.807, 2.05) is 12.1 Å². The number of carbonyl (C=O) groups excluding carboxylic acids is 1. The number of amides is 1. The molecule has 30 heavy (non-hydrogen) atoms. The fourth-order valence-electron chi connectivity index (χ4n) is 3.19. The number of aromatic nitrogens is 1. The van der Waals surface area contributed by atoms with Crippen molar-refractivity contribution in [3.8, 4) is 5.75 Å². The van der Waals surface area contributed by atoms with E-state index < -0.39 is 5.82 Å². The molecule has 158 valence electrons. The van der Waals surface area contributed by atoms with Gasteiger partial charge in [0, 0.05) is 26.2 Å². The summed E-state index contributed by atoms with van der Waals surface area (Å²) in [5.74, 6) is -0.745. The van der Waals surface area contributed by atoms with Crippen LogP contribution in [0.4, 0.5) is 9.52 Å². The molecule has 3 aromatic rings. The third-order valence-electron chi connectivity index (χ3n) is 4.82. The topological polar surface area (TPSA) is 54.9 Å². The van der Waals surface area contributed by atoms with Gasteiger partial charge in [0.1, 0.15) is 5.52 Å². The van der Waals surface area contributed by atoms with Crippen molar-refractivity contribution in [1.82, 2.24) is 9.88 Å². The number of benzene rings is 2. The Labute approximate surface area is 182 Å². The lowest BCUT2D eigenvalue weighted by Gasteiger charge is -2.29. The number of ether oxygens (including phenoxy) is 2. The third-order valence-corrected chi connectivity index (χ3v) is 6.17. The summed E-state index contributed by atoms with van der Waals surface area (Å²) >= 11 is 7.66. The van der Waals surface area contributed by atoms with Gasteiger partial charge in [0.05, 0.1) is 22.9 Å². The second-order valence-corrected chi connectivity index (χ2v) is 8.22. The van der Waals surface area contributed by atoms with E-state index in [1.165, 1.54) is 23.5 Å². The molecular formula is C21H21ClFN3O3S. The average molecular weight is 450 g/mol. The maximum atomic E-state index is 13.8. The number of thiazole rings is 1. The predicted molar refractivity (Wildman–Crippen MR) is 116 cm³/mol. The Morgan fingerprint density at radius 3 is 2.80 bits per heavy atom. The maximum Gasteiger partial charge on any atom is 0.266 e. The molecule has 1 amide bonds. The van der Waals surface area contributed by atoms with Gasteiger partial charge in [-0.25, -0.2) is 9.37 Å². The number of fused-ring (bicyclic) bond motifs is 1. The summed E-state index contributed by atoms with van der Waals surface area (Å²) in [6, 6.07) is 11.6. The van der Waals surface area contributed by atoms with E-state index in [2.05, 4.69) is 9.88 Å². The minimum absolute atomic E-state index is 0.0475. The molecule has 0 unspecified atom stereocenters. The highest BCUT2D eigenvalue weighted by atomic mass is 35.5. The number of morpholine rings is 1. The molecular weight excluding hydrogens is 429 g/mol. The van der Waals surface area contributed by atoms with Gasteiger partial charge in [-0.15, -0.1) is 0 Å². The molecule has 6 nitrogen and oxygen atoms in total. The number of nitrogens with zero attached hydrogens (tertiary/aromatic N) is 3. The van der Waals surface area contributed by atoms with Crippen LogP contribution in [-0.4, -0.2) is 61.8 Å². The summed E-state index contributed by atoms with van der Waals surface area (Å²) in [6.07, 6.45) is 0. The second-order valence-electron chi connectivity index (χ2n) is 6.80. The Morgan fingerprint density at radius 2 is 2.03 bits per heavy atom. The van der Waals surface area contributed by atoms with E-state index in [1.54, 1.807) is 23.1 Å². The van der Waals surface area contributed by atoms with Crippen LogP contribution >= 0.6 is 22.9 Å². The number of halogens is 2. The summed E-state index contributed by atoms with van der Waals surface area (Å²) in [7, 11) is 0. The highest BCUT2D eigenvalue weighted by Crippen LogP contribution is 2.33. The first-order valence-corrected chi connectivity index (χ1v) is 10.8. The summed E-state index contributed by atoms with van der Waals surface area (Å²) in [5, 5.41) is 1.09. The van der Waals surface area contributed by atoms with Gasteiger partial charge in [-0.1, -0.05) is 41.1 Å². The Kier molecular flexibility index (Phi) is 6.79. The normalized spacial score (nSPS) is 14.7. The monoisotopic (exact) mass is 449 g/mol. The lowest BCUT2D eigenvalue weighted by Crippen LogP contribution is -2.44. The molecule has 0 radical (unpaired) electrons. The lowest BCUT2D eigenvalue weighted by molar-refractivity contribution is -0.120. The van der Waals surface area contributed by atoms with Gasteiger partial charge in [-0.3, -0.25) is 14.6 Å². The van der Waals surface area contributed by atoms with Crippen molar-refractivity contribution in [2.45, 2.75) is 0 Å². The van der Waals surface area contributed by atoms with Crippen molar-refractivity contribution in [1.29, 1.82) is 0 Å². The van der Waals surface area contributed by atoms with Gasteiger partial charge < -0.3 is 9.47 Å². The van der Waals surface area contributed by atoms with Crippen molar-refractivity contribution in [2.75, 3.05) is 50.9 Å². The lowest BCUT2D eigenvalue weighted by atomic mass is 10.3. The van der Waals surface area contributed by atoms with Gasteiger partial charge in [-0.05, 0) is 24.3 Å². The van der Waals surface area contributed by atoms with Crippen LogP contribution in [0.2, 0.25) is 5.02 Å². The van der Waals surface area contributed by atoms with Gasteiger partial charge in [0.25, 0.3) is 5.91 Å². The second kappa shape index (κ2) is 9.70. The number of para-hydroxylation sites is 2. The van der Waals surface area contributed by atoms with Crippen molar-refractivity contribution in [3.63, 3.8) is 0 Å². The average Bonchev–Trinajstić information content (AvgIpc) is 3.19. The molecule has 1 saturated heterocycles. The van der Waals surface area contributed by atoms with Crippen LogP contribution < -0.4 is 9.64 Å².